The highest BCUT2D eigenvalue weighted by molar-refractivity contribution is 14.1. The number of aromatic nitrogens is 1. The molecule has 0 saturated heterocycles. The lowest BCUT2D eigenvalue weighted by molar-refractivity contribution is 0.365. The van der Waals surface area contributed by atoms with Gasteiger partial charge in [-0.15, -0.1) is 6.42 Å². The minimum absolute atomic E-state index is 0.0418. The molecule has 0 saturated carbocycles. The van der Waals surface area contributed by atoms with E-state index in [-0.39, 0.29) is 3.42 Å². The zero-order chi connectivity index (χ0) is 8.48. The first-order valence-corrected chi connectivity index (χ1v) is 4.24. The van der Waals surface area contributed by atoms with Gasteiger partial charge < -0.3 is 4.52 Å². The van der Waals surface area contributed by atoms with Crippen LogP contribution in [0.4, 0.5) is 0 Å². The highest BCUT2D eigenvalue weighted by Gasteiger charge is 2.20. The first-order chi connectivity index (χ1) is 5.04. The molecule has 0 aromatic carbocycles. The topological polar surface area (TPSA) is 26.0 Å². The van der Waals surface area contributed by atoms with E-state index in [4.69, 9.17) is 10.9 Å². The van der Waals surface area contributed by atoms with Crippen molar-refractivity contribution in [3.63, 3.8) is 0 Å². The predicted molar refractivity (Wildman–Crippen MR) is 51.5 cm³/mol. The van der Waals surface area contributed by atoms with Crippen LogP contribution < -0.4 is 0 Å². The molecule has 0 spiro atoms. The Morgan fingerprint density at radius 2 is 2.36 bits per heavy atom. The molecule has 0 N–H and O–H groups in total. The SMILES string of the molecule is C#Cc1cc(C(C)(C)I)on1. The van der Waals surface area contributed by atoms with Crippen LogP contribution in [0.3, 0.4) is 0 Å². The van der Waals surface area contributed by atoms with Crippen LogP contribution in [0, 0.1) is 12.3 Å². The van der Waals surface area contributed by atoms with Crippen LogP contribution in [-0.4, -0.2) is 5.16 Å². The van der Waals surface area contributed by atoms with Gasteiger partial charge in [-0.25, -0.2) is 0 Å². The number of alkyl halides is 1. The maximum absolute atomic E-state index is 5.13. The van der Waals surface area contributed by atoms with Gasteiger partial charge in [-0.2, -0.15) is 0 Å². The minimum atomic E-state index is -0.0418. The lowest BCUT2D eigenvalue weighted by Crippen LogP contribution is -2.03. The second kappa shape index (κ2) is 2.86. The first-order valence-electron chi connectivity index (χ1n) is 3.17. The summed E-state index contributed by atoms with van der Waals surface area (Å²) in [6.45, 7) is 4.07. The maximum Gasteiger partial charge on any atom is 0.156 e. The summed E-state index contributed by atoms with van der Waals surface area (Å²) in [5.74, 6) is 3.22. The number of terminal acetylenes is 1. The van der Waals surface area contributed by atoms with E-state index in [0.717, 1.165) is 5.76 Å². The third-order valence-electron chi connectivity index (χ3n) is 1.24. The predicted octanol–water partition coefficient (Wildman–Crippen LogP) is 2.33. The average Bonchev–Trinajstić information content (AvgIpc) is 2.32. The molecule has 1 aromatic rings. The number of rotatable bonds is 1. The summed E-state index contributed by atoms with van der Waals surface area (Å²) in [7, 11) is 0. The van der Waals surface area contributed by atoms with Gasteiger partial charge >= 0.3 is 0 Å². The second-order valence-electron chi connectivity index (χ2n) is 2.69. The summed E-state index contributed by atoms with van der Waals surface area (Å²) in [6, 6.07) is 1.78. The van der Waals surface area contributed by atoms with Crippen molar-refractivity contribution in [1.82, 2.24) is 5.16 Å². The Labute approximate surface area is 79.5 Å². The molecule has 0 aliphatic rings. The van der Waals surface area contributed by atoms with Crippen LogP contribution in [0.1, 0.15) is 25.3 Å². The van der Waals surface area contributed by atoms with Gasteiger partial charge in [0.05, 0.1) is 3.42 Å². The number of halogens is 1. The van der Waals surface area contributed by atoms with Crippen molar-refractivity contribution in [2.24, 2.45) is 0 Å². The molecular weight excluding hydrogens is 253 g/mol. The number of hydrogen-bond donors (Lipinski definition) is 0. The Bertz CT molecular complexity index is 290. The number of hydrogen-bond acceptors (Lipinski definition) is 2. The molecule has 0 unspecified atom stereocenters. The van der Waals surface area contributed by atoms with Gasteiger partial charge in [0.1, 0.15) is 0 Å². The van der Waals surface area contributed by atoms with E-state index in [1.807, 2.05) is 13.8 Å². The lowest BCUT2D eigenvalue weighted by atomic mass is 10.1. The van der Waals surface area contributed by atoms with E-state index in [9.17, 15) is 0 Å². The van der Waals surface area contributed by atoms with Gasteiger partial charge in [0.25, 0.3) is 0 Å². The van der Waals surface area contributed by atoms with Crippen LogP contribution in [0.15, 0.2) is 10.6 Å². The van der Waals surface area contributed by atoms with Crippen LogP contribution >= 0.6 is 22.6 Å². The van der Waals surface area contributed by atoms with Gasteiger partial charge in [0, 0.05) is 6.07 Å². The molecule has 3 heteroatoms. The normalized spacial score (nSPS) is 11.1. The summed E-state index contributed by atoms with van der Waals surface area (Å²) >= 11 is 2.27. The molecule has 1 heterocycles. The van der Waals surface area contributed by atoms with E-state index in [0.29, 0.717) is 5.69 Å². The molecule has 58 valence electrons. The van der Waals surface area contributed by atoms with Gasteiger partial charge in [-0.3, -0.25) is 0 Å². The first kappa shape index (κ1) is 8.60. The van der Waals surface area contributed by atoms with E-state index < -0.39 is 0 Å². The Kier molecular flexibility index (Phi) is 2.23. The van der Waals surface area contributed by atoms with Crippen LogP contribution in [0.2, 0.25) is 0 Å². The Morgan fingerprint density at radius 3 is 2.64 bits per heavy atom. The summed E-state index contributed by atoms with van der Waals surface area (Å²) in [5, 5.41) is 3.69. The van der Waals surface area contributed by atoms with Crippen molar-refractivity contribution >= 4 is 22.6 Å². The zero-order valence-electron chi connectivity index (χ0n) is 6.39. The third kappa shape index (κ3) is 1.96. The molecule has 1 aromatic heterocycles. The van der Waals surface area contributed by atoms with Gasteiger partial charge in [0.15, 0.2) is 11.5 Å². The molecule has 1 rings (SSSR count). The molecule has 0 aliphatic heterocycles. The quantitative estimate of drug-likeness (QED) is 0.440. The van der Waals surface area contributed by atoms with Crippen molar-refractivity contribution in [2.45, 2.75) is 17.3 Å². The second-order valence-corrected chi connectivity index (χ2v) is 5.39. The average molecular weight is 261 g/mol. The van der Waals surface area contributed by atoms with Crippen LogP contribution in [-0.2, 0) is 3.42 Å². The van der Waals surface area contributed by atoms with Crippen molar-refractivity contribution in [3.05, 3.63) is 17.5 Å². The van der Waals surface area contributed by atoms with Crippen LogP contribution in [0.5, 0.6) is 0 Å². The minimum Gasteiger partial charge on any atom is -0.359 e. The largest absolute Gasteiger partial charge is 0.359 e. The van der Waals surface area contributed by atoms with Gasteiger partial charge in [-0.05, 0) is 19.8 Å². The van der Waals surface area contributed by atoms with E-state index in [1.54, 1.807) is 6.07 Å². The maximum atomic E-state index is 5.13. The van der Waals surface area contributed by atoms with Crippen molar-refractivity contribution in [1.29, 1.82) is 0 Å². The zero-order valence-corrected chi connectivity index (χ0v) is 8.55. The molecular formula is C8H8INO. The molecule has 11 heavy (non-hydrogen) atoms. The van der Waals surface area contributed by atoms with E-state index in [2.05, 4.69) is 33.7 Å². The molecule has 0 fully saturated rings. The molecule has 2 nitrogen and oxygen atoms in total. The highest BCUT2D eigenvalue weighted by Crippen LogP contribution is 2.30. The Morgan fingerprint density at radius 1 is 1.73 bits per heavy atom. The standard InChI is InChI=1S/C8H8INO/c1-4-6-5-7(11-10-6)8(2,3)9/h1,5H,2-3H3. The third-order valence-corrected chi connectivity index (χ3v) is 1.78. The summed E-state index contributed by atoms with van der Waals surface area (Å²) in [5.41, 5.74) is 0.560. The lowest BCUT2D eigenvalue weighted by Gasteiger charge is -2.09. The van der Waals surface area contributed by atoms with Crippen molar-refractivity contribution in [2.75, 3.05) is 0 Å². The van der Waals surface area contributed by atoms with Gasteiger partial charge in [0.2, 0.25) is 0 Å². The van der Waals surface area contributed by atoms with Crippen molar-refractivity contribution in [3.8, 4) is 12.3 Å². The van der Waals surface area contributed by atoms with Crippen molar-refractivity contribution < 1.29 is 4.52 Å². The van der Waals surface area contributed by atoms with Crippen LogP contribution in [0.25, 0.3) is 0 Å². The van der Waals surface area contributed by atoms with E-state index >= 15 is 0 Å². The molecule has 0 radical (unpaired) electrons. The fraction of sp³-hybridized carbons (Fsp3) is 0.375. The summed E-state index contributed by atoms with van der Waals surface area (Å²) in [6.07, 6.45) is 5.13. The fourth-order valence-electron chi connectivity index (χ4n) is 0.623. The number of nitrogens with zero attached hydrogens (tertiary/aromatic N) is 1. The van der Waals surface area contributed by atoms with Gasteiger partial charge in [-0.1, -0.05) is 27.7 Å². The smallest absolute Gasteiger partial charge is 0.156 e. The molecule has 0 atom stereocenters. The van der Waals surface area contributed by atoms with E-state index in [1.165, 1.54) is 0 Å². The molecule has 0 amide bonds. The summed E-state index contributed by atoms with van der Waals surface area (Å²) in [4.78, 5) is 0. The monoisotopic (exact) mass is 261 g/mol. The Balaban J connectivity index is 3.01. The molecule has 0 aliphatic carbocycles. The highest BCUT2D eigenvalue weighted by atomic mass is 127. The fourth-order valence-corrected chi connectivity index (χ4v) is 0.878. The Hall–Kier alpha value is -0.500. The summed E-state index contributed by atoms with van der Waals surface area (Å²) < 4.78 is 4.98. The molecule has 0 bridgehead atoms.